The van der Waals surface area contributed by atoms with Crippen LogP contribution in [0.5, 0.6) is 0 Å². The van der Waals surface area contributed by atoms with E-state index >= 15 is 0 Å². The van der Waals surface area contributed by atoms with Gasteiger partial charge in [-0.2, -0.15) is 5.21 Å². The van der Waals surface area contributed by atoms with E-state index in [1.54, 1.807) is 13.0 Å². The summed E-state index contributed by atoms with van der Waals surface area (Å²) in [6.45, 7) is 1.77. The van der Waals surface area contributed by atoms with Gasteiger partial charge in [-0.15, -0.1) is 10.2 Å². The predicted molar refractivity (Wildman–Crippen MR) is 64.6 cm³/mol. The van der Waals surface area contributed by atoms with Gasteiger partial charge in [-0.1, -0.05) is 11.3 Å². The van der Waals surface area contributed by atoms with Gasteiger partial charge in [0.05, 0.1) is 12.0 Å². The molecule has 1 aromatic carbocycles. The third-order valence-electron chi connectivity index (χ3n) is 2.47. The van der Waals surface area contributed by atoms with Gasteiger partial charge in [0, 0.05) is 5.69 Å². The number of carbonyl (C=O) groups is 2. The van der Waals surface area contributed by atoms with Gasteiger partial charge < -0.3 is 10.4 Å². The Morgan fingerprint density at radius 2 is 2.21 bits per heavy atom. The van der Waals surface area contributed by atoms with Gasteiger partial charge in [-0.05, 0) is 24.6 Å². The molecule has 0 bridgehead atoms. The summed E-state index contributed by atoms with van der Waals surface area (Å²) in [6.07, 6.45) is -0.0345. The van der Waals surface area contributed by atoms with Crippen molar-refractivity contribution in [1.29, 1.82) is 0 Å². The Bertz CT molecular complexity index is 609. The molecule has 0 saturated heterocycles. The maximum absolute atomic E-state index is 11.7. The van der Waals surface area contributed by atoms with Crippen LogP contribution in [0.3, 0.4) is 0 Å². The first-order valence-corrected chi connectivity index (χ1v) is 5.42. The van der Waals surface area contributed by atoms with Gasteiger partial charge in [0.2, 0.25) is 5.91 Å². The number of aromatic amines is 1. The van der Waals surface area contributed by atoms with Crippen LogP contribution in [0.4, 0.5) is 5.69 Å². The summed E-state index contributed by atoms with van der Waals surface area (Å²) >= 11 is 0. The van der Waals surface area contributed by atoms with Crippen molar-refractivity contribution >= 4 is 17.6 Å². The van der Waals surface area contributed by atoms with Crippen molar-refractivity contribution in [3.05, 3.63) is 35.2 Å². The highest BCUT2D eigenvalue weighted by Crippen LogP contribution is 2.17. The SMILES string of the molecule is Cc1ccc(C(=O)O)cc1NC(=O)Cc1nn[nH]n1. The first kappa shape index (κ1) is 12.7. The van der Waals surface area contributed by atoms with Gasteiger partial charge in [0.25, 0.3) is 0 Å². The molecule has 0 fully saturated rings. The third-order valence-corrected chi connectivity index (χ3v) is 2.47. The molecule has 8 nitrogen and oxygen atoms in total. The van der Waals surface area contributed by atoms with Crippen molar-refractivity contribution in [3.8, 4) is 0 Å². The summed E-state index contributed by atoms with van der Waals surface area (Å²) in [6, 6.07) is 4.52. The molecule has 0 saturated carbocycles. The zero-order chi connectivity index (χ0) is 13.8. The Balaban J connectivity index is 2.11. The van der Waals surface area contributed by atoms with Crippen molar-refractivity contribution in [2.24, 2.45) is 0 Å². The maximum Gasteiger partial charge on any atom is 0.335 e. The molecule has 0 radical (unpaired) electrons. The van der Waals surface area contributed by atoms with Crippen LogP contribution in [0.2, 0.25) is 0 Å². The third kappa shape index (κ3) is 3.12. The lowest BCUT2D eigenvalue weighted by Crippen LogP contribution is -2.16. The molecule has 0 aliphatic carbocycles. The molecular weight excluding hydrogens is 250 g/mol. The standard InChI is InChI=1S/C11H11N5O3/c1-6-2-3-7(11(18)19)4-8(6)12-10(17)5-9-13-15-16-14-9/h2-4H,5H2,1H3,(H,12,17)(H,18,19)(H,13,14,15,16). The largest absolute Gasteiger partial charge is 0.478 e. The summed E-state index contributed by atoms with van der Waals surface area (Å²) in [7, 11) is 0. The number of aryl methyl sites for hydroxylation is 1. The predicted octanol–water partition coefficient (Wildman–Crippen LogP) is 0.388. The number of hydrogen-bond acceptors (Lipinski definition) is 5. The fourth-order valence-corrected chi connectivity index (χ4v) is 1.49. The van der Waals surface area contributed by atoms with E-state index in [1.165, 1.54) is 12.1 Å². The number of hydrogen-bond donors (Lipinski definition) is 3. The molecule has 3 N–H and O–H groups in total. The normalized spacial score (nSPS) is 10.2. The van der Waals surface area contributed by atoms with Crippen molar-refractivity contribution in [2.45, 2.75) is 13.3 Å². The number of anilines is 1. The molecule has 1 aromatic heterocycles. The van der Waals surface area contributed by atoms with Crippen molar-refractivity contribution in [3.63, 3.8) is 0 Å². The smallest absolute Gasteiger partial charge is 0.335 e. The summed E-state index contributed by atoms with van der Waals surface area (Å²) in [4.78, 5) is 22.6. The number of H-pyrrole nitrogens is 1. The number of benzene rings is 1. The minimum absolute atomic E-state index is 0.0345. The fraction of sp³-hybridized carbons (Fsp3) is 0.182. The number of nitrogens with one attached hydrogen (secondary N) is 2. The van der Waals surface area contributed by atoms with Gasteiger partial charge in [-0.25, -0.2) is 4.79 Å². The number of carbonyl (C=O) groups excluding carboxylic acids is 1. The number of carboxylic acid groups (broad SMARTS) is 1. The highest BCUT2D eigenvalue weighted by atomic mass is 16.4. The van der Waals surface area contributed by atoms with E-state index in [2.05, 4.69) is 25.9 Å². The van der Waals surface area contributed by atoms with Gasteiger partial charge >= 0.3 is 5.97 Å². The van der Waals surface area contributed by atoms with Crippen LogP contribution in [-0.4, -0.2) is 37.6 Å². The second-order valence-electron chi connectivity index (χ2n) is 3.89. The van der Waals surface area contributed by atoms with Crippen LogP contribution in [0.15, 0.2) is 18.2 Å². The number of aromatic nitrogens is 4. The Morgan fingerprint density at radius 3 is 2.84 bits per heavy atom. The summed E-state index contributed by atoms with van der Waals surface area (Å²) in [5, 5.41) is 24.4. The first-order chi connectivity index (χ1) is 9.06. The van der Waals surface area contributed by atoms with Crippen LogP contribution in [-0.2, 0) is 11.2 Å². The molecule has 0 unspecified atom stereocenters. The molecular formula is C11H11N5O3. The summed E-state index contributed by atoms with van der Waals surface area (Å²) < 4.78 is 0. The van der Waals surface area contributed by atoms with E-state index in [0.29, 0.717) is 5.69 Å². The molecule has 8 heteroatoms. The van der Waals surface area contributed by atoms with Crippen molar-refractivity contribution < 1.29 is 14.7 Å². The van der Waals surface area contributed by atoms with E-state index < -0.39 is 5.97 Å². The zero-order valence-electron chi connectivity index (χ0n) is 10.0. The zero-order valence-corrected chi connectivity index (χ0v) is 10.0. The Hall–Kier alpha value is -2.77. The molecule has 2 aromatic rings. The average molecular weight is 261 g/mol. The van der Waals surface area contributed by atoms with E-state index in [4.69, 9.17) is 5.11 Å². The molecule has 1 heterocycles. The van der Waals surface area contributed by atoms with E-state index in [0.717, 1.165) is 5.56 Å². The minimum Gasteiger partial charge on any atom is -0.478 e. The minimum atomic E-state index is -1.05. The summed E-state index contributed by atoms with van der Waals surface area (Å²) in [5.74, 6) is -1.12. The maximum atomic E-state index is 11.7. The number of tetrazole rings is 1. The number of rotatable bonds is 4. The second-order valence-corrected chi connectivity index (χ2v) is 3.89. The monoisotopic (exact) mass is 261 g/mol. The highest BCUT2D eigenvalue weighted by molar-refractivity contribution is 5.95. The fourth-order valence-electron chi connectivity index (χ4n) is 1.49. The Kier molecular flexibility index (Phi) is 3.51. The topological polar surface area (TPSA) is 121 Å². The highest BCUT2D eigenvalue weighted by Gasteiger charge is 2.11. The molecule has 2 rings (SSSR count). The second kappa shape index (κ2) is 5.25. The lowest BCUT2D eigenvalue weighted by Gasteiger charge is -2.08. The number of amides is 1. The number of aromatic carboxylic acids is 1. The molecule has 0 aliphatic rings. The van der Waals surface area contributed by atoms with E-state index in [-0.39, 0.29) is 23.7 Å². The lowest BCUT2D eigenvalue weighted by atomic mass is 10.1. The van der Waals surface area contributed by atoms with Crippen LogP contribution in [0, 0.1) is 6.92 Å². The Morgan fingerprint density at radius 1 is 1.42 bits per heavy atom. The quantitative estimate of drug-likeness (QED) is 0.731. The summed E-state index contributed by atoms with van der Waals surface area (Å²) in [5.41, 5.74) is 1.33. The lowest BCUT2D eigenvalue weighted by molar-refractivity contribution is -0.115. The Labute approximate surface area is 107 Å². The van der Waals surface area contributed by atoms with Crippen LogP contribution in [0.25, 0.3) is 0 Å². The molecule has 19 heavy (non-hydrogen) atoms. The molecule has 1 amide bonds. The van der Waals surface area contributed by atoms with Crippen molar-refractivity contribution in [2.75, 3.05) is 5.32 Å². The molecule has 0 atom stereocenters. The van der Waals surface area contributed by atoms with Crippen molar-refractivity contribution in [1.82, 2.24) is 20.6 Å². The molecule has 98 valence electrons. The average Bonchev–Trinajstić information content (AvgIpc) is 2.84. The van der Waals surface area contributed by atoms with Crippen LogP contribution < -0.4 is 5.32 Å². The number of carboxylic acids is 1. The van der Waals surface area contributed by atoms with E-state index in [9.17, 15) is 9.59 Å². The molecule has 0 aliphatic heterocycles. The molecule has 0 spiro atoms. The van der Waals surface area contributed by atoms with Gasteiger partial charge in [0.1, 0.15) is 0 Å². The first-order valence-electron chi connectivity index (χ1n) is 5.42. The van der Waals surface area contributed by atoms with Crippen LogP contribution in [0.1, 0.15) is 21.7 Å². The van der Waals surface area contributed by atoms with Crippen LogP contribution >= 0.6 is 0 Å². The van der Waals surface area contributed by atoms with Gasteiger partial charge in [0.15, 0.2) is 5.82 Å². The van der Waals surface area contributed by atoms with E-state index in [1.807, 2.05) is 0 Å². The number of nitrogens with zero attached hydrogens (tertiary/aromatic N) is 3. The van der Waals surface area contributed by atoms with Gasteiger partial charge in [-0.3, -0.25) is 4.79 Å².